The van der Waals surface area contributed by atoms with Crippen molar-refractivity contribution in [3.63, 3.8) is 0 Å². The van der Waals surface area contributed by atoms with Gasteiger partial charge in [-0.1, -0.05) is 12.1 Å². The van der Waals surface area contributed by atoms with Crippen LogP contribution in [-0.2, 0) is 27.4 Å². The molecule has 17 nitrogen and oxygen atoms in total. The number of aliphatic hydroxyl groups excluding tert-OH is 1. The molecule has 37 heavy (non-hydrogen) atoms. The Kier molecular flexibility index (Phi) is 7.62. The maximum atomic E-state index is 13.0. The third kappa shape index (κ3) is 5.96. The van der Waals surface area contributed by atoms with Gasteiger partial charge in [0, 0.05) is 12.7 Å². The number of imidazole rings is 1. The number of benzene rings is 1. The monoisotopic (exact) mass is 560 g/mol. The molecule has 3 aromatic rings. The molecule has 0 bridgehead atoms. The number of phosphoric acid groups is 2. The van der Waals surface area contributed by atoms with Gasteiger partial charge in [-0.3, -0.25) is 9.09 Å². The number of ether oxygens (including phenoxy) is 2. The topological polar surface area (TPSA) is 251 Å². The number of nitrogens with two attached hydrogens (primary N) is 1. The number of rotatable bonds is 9. The number of phosphoric ester groups is 1. The molecule has 5 atom stereocenters. The maximum absolute atomic E-state index is 13.0. The number of aliphatic hydroxyl groups is 1. The lowest BCUT2D eigenvalue weighted by molar-refractivity contribution is -0.0558. The fourth-order valence-electron chi connectivity index (χ4n) is 3.66. The van der Waals surface area contributed by atoms with E-state index in [1.807, 2.05) is 0 Å². The summed E-state index contributed by atoms with van der Waals surface area (Å²) >= 11 is 0. The molecule has 200 valence electrons. The lowest BCUT2D eigenvalue weighted by Crippen LogP contribution is -2.37. The summed E-state index contributed by atoms with van der Waals surface area (Å²) in [7, 11) is -9.02. The summed E-state index contributed by atoms with van der Waals surface area (Å²) in [6.45, 7) is -0.879. The van der Waals surface area contributed by atoms with Crippen LogP contribution in [0.3, 0.4) is 0 Å². The first-order chi connectivity index (χ1) is 17.4. The number of fused-ring (bicyclic) bond motifs is 1. The molecule has 1 aliphatic heterocycles. The Morgan fingerprint density at radius 3 is 2.65 bits per heavy atom. The first-order valence-electron chi connectivity index (χ1n) is 10.4. The number of hydrogen-bond donors (Lipinski definition) is 6. The van der Waals surface area contributed by atoms with Crippen LogP contribution in [0.5, 0.6) is 0 Å². The number of anilines is 2. The summed E-state index contributed by atoms with van der Waals surface area (Å²) in [4.78, 5) is 52.2. The summed E-state index contributed by atoms with van der Waals surface area (Å²) in [5.41, 5.74) is 6.78. The van der Waals surface area contributed by atoms with Crippen LogP contribution < -0.4 is 11.1 Å². The zero-order valence-corrected chi connectivity index (χ0v) is 20.7. The van der Waals surface area contributed by atoms with Gasteiger partial charge in [0.2, 0.25) is 0 Å². The highest BCUT2D eigenvalue weighted by Gasteiger charge is 2.49. The van der Waals surface area contributed by atoms with Gasteiger partial charge in [-0.25, -0.2) is 28.9 Å². The summed E-state index contributed by atoms with van der Waals surface area (Å²) < 4.78 is 43.8. The van der Waals surface area contributed by atoms with Gasteiger partial charge >= 0.3 is 21.6 Å². The minimum absolute atomic E-state index is 0.0504. The molecular weight excluding hydrogens is 538 g/mol. The number of para-hydroxylation sites is 1. The Morgan fingerprint density at radius 1 is 1.22 bits per heavy atom. The summed E-state index contributed by atoms with van der Waals surface area (Å²) in [6, 6.07) is 6.43. The van der Waals surface area contributed by atoms with Crippen molar-refractivity contribution < 1.29 is 52.0 Å². The SMILES string of the molecule is CNc1ccccc1C(=O)O[C@@H]1[C@H](O)[C@@H](COP(=O)(O)OP(=O)(O)O)O[C@H]1n1cnc2c(N)ncnc21. The largest absolute Gasteiger partial charge is 0.481 e. The number of carbonyl (C=O) groups is 1. The van der Waals surface area contributed by atoms with Crippen molar-refractivity contribution >= 4 is 44.3 Å². The van der Waals surface area contributed by atoms with Crippen molar-refractivity contribution in [1.29, 1.82) is 0 Å². The second-order valence-electron chi connectivity index (χ2n) is 7.64. The Balaban J connectivity index is 1.64. The van der Waals surface area contributed by atoms with Crippen molar-refractivity contribution in [2.45, 2.75) is 24.5 Å². The van der Waals surface area contributed by atoms with E-state index >= 15 is 0 Å². The highest BCUT2D eigenvalue weighted by atomic mass is 31.3. The Bertz CT molecular complexity index is 1400. The molecule has 3 heterocycles. The molecule has 1 saturated heterocycles. The van der Waals surface area contributed by atoms with E-state index in [1.54, 1.807) is 25.2 Å². The van der Waals surface area contributed by atoms with Crippen molar-refractivity contribution in [2.75, 3.05) is 24.7 Å². The molecule has 1 aliphatic rings. The van der Waals surface area contributed by atoms with E-state index < -0.39 is 52.8 Å². The summed E-state index contributed by atoms with van der Waals surface area (Å²) in [5, 5.41) is 13.8. The van der Waals surface area contributed by atoms with E-state index in [2.05, 4.69) is 29.1 Å². The number of nitrogens with one attached hydrogen (secondary N) is 1. The van der Waals surface area contributed by atoms with E-state index in [0.29, 0.717) is 5.69 Å². The third-order valence-electron chi connectivity index (χ3n) is 5.24. The van der Waals surface area contributed by atoms with Gasteiger partial charge in [-0.2, -0.15) is 4.31 Å². The quantitative estimate of drug-likeness (QED) is 0.151. The predicted octanol–water partition coefficient (Wildman–Crippen LogP) is 0.160. The Morgan fingerprint density at radius 2 is 1.95 bits per heavy atom. The third-order valence-corrected chi connectivity index (χ3v) is 7.40. The first kappa shape index (κ1) is 27.1. The lowest BCUT2D eigenvalue weighted by atomic mass is 10.1. The van der Waals surface area contributed by atoms with Gasteiger partial charge in [-0.05, 0) is 12.1 Å². The number of nitrogen functional groups attached to an aromatic ring is 1. The number of nitrogens with zero attached hydrogens (tertiary/aromatic N) is 4. The molecular formula is C18H22N6O11P2. The molecule has 1 unspecified atom stereocenters. The fourth-order valence-corrected chi connectivity index (χ4v) is 5.25. The van der Waals surface area contributed by atoms with Crippen molar-refractivity contribution in [1.82, 2.24) is 19.5 Å². The lowest BCUT2D eigenvalue weighted by Gasteiger charge is -2.22. The summed E-state index contributed by atoms with van der Waals surface area (Å²) in [5.74, 6) is -0.783. The highest BCUT2D eigenvalue weighted by molar-refractivity contribution is 7.60. The molecule has 1 aromatic carbocycles. The molecule has 0 aliphatic carbocycles. The average Bonchev–Trinajstić information content (AvgIpc) is 3.38. The number of hydrogen-bond acceptors (Lipinski definition) is 13. The van der Waals surface area contributed by atoms with Crippen molar-refractivity contribution in [3.8, 4) is 0 Å². The van der Waals surface area contributed by atoms with Gasteiger partial charge in [0.15, 0.2) is 23.8 Å². The van der Waals surface area contributed by atoms with Crippen LogP contribution in [0.1, 0.15) is 16.6 Å². The van der Waals surface area contributed by atoms with Gasteiger partial charge < -0.3 is 40.3 Å². The van der Waals surface area contributed by atoms with E-state index in [1.165, 1.54) is 17.0 Å². The van der Waals surface area contributed by atoms with Crippen LogP contribution >= 0.6 is 15.6 Å². The molecule has 4 rings (SSSR count). The molecule has 0 amide bonds. The first-order valence-corrected chi connectivity index (χ1v) is 13.4. The fraction of sp³-hybridized carbons (Fsp3) is 0.333. The smallest absolute Gasteiger partial charge is 0.451 e. The van der Waals surface area contributed by atoms with Gasteiger partial charge in [0.25, 0.3) is 0 Å². The molecule has 2 aromatic heterocycles. The number of carbonyl (C=O) groups excluding carboxylic acids is 1. The number of aromatic nitrogens is 4. The maximum Gasteiger partial charge on any atom is 0.481 e. The van der Waals surface area contributed by atoms with E-state index in [0.717, 1.165) is 6.33 Å². The Hall–Kier alpha value is -2.98. The molecule has 7 N–H and O–H groups in total. The van der Waals surface area contributed by atoms with Crippen LogP contribution in [0.4, 0.5) is 11.5 Å². The molecule has 0 saturated carbocycles. The molecule has 0 spiro atoms. The predicted molar refractivity (Wildman–Crippen MR) is 124 cm³/mol. The standard InChI is InChI=1S/C18H22N6O11P2/c1-20-10-5-3-2-4-9(10)18(26)34-14-13(25)11(6-32-37(30,31)35-36(27,28)29)33-17(14)24-8-23-12-15(19)21-7-22-16(12)24/h2-5,7-8,11,13-14,17,20,25H,6H2,1H3,(H,30,31)(H2,19,21,22)(H2,27,28,29)/t11-,13-,14-,17-/m1/s1. The highest BCUT2D eigenvalue weighted by Crippen LogP contribution is 2.57. The van der Waals surface area contributed by atoms with Crippen LogP contribution in [0.25, 0.3) is 11.2 Å². The molecule has 19 heteroatoms. The van der Waals surface area contributed by atoms with Gasteiger partial charge in [0.05, 0.1) is 18.5 Å². The van der Waals surface area contributed by atoms with Crippen LogP contribution in [0.2, 0.25) is 0 Å². The van der Waals surface area contributed by atoms with Gasteiger partial charge in [-0.15, -0.1) is 0 Å². The van der Waals surface area contributed by atoms with Crippen LogP contribution in [0.15, 0.2) is 36.9 Å². The minimum atomic E-state index is -5.38. The van der Waals surface area contributed by atoms with Gasteiger partial charge in [0.1, 0.15) is 24.1 Å². The zero-order valence-electron chi connectivity index (χ0n) is 18.9. The zero-order chi connectivity index (χ0) is 27.0. The molecule has 0 radical (unpaired) electrons. The van der Waals surface area contributed by atoms with Crippen LogP contribution in [-0.4, -0.2) is 77.2 Å². The molecule has 1 fully saturated rings. The normalized spacial score (nSPS) is 23.6. The Labute approximate surface area is 208 Å². The van der Waals surface area contributed by atoms with E-state index in [-0.39, 0.29) is 22.5 Å². The van der Waals surface area contributed by atoms with Crippen molar-refractivity contribution in [3.05, 3.63) is 42.5 Å². The second-order valence-corrected chi connectivity index (χ2v) is 10.5. The minimum Gasteiger partial charge on any atom is -0.451 e. The summed E-state index contributed by atoms with van der Waals surface area (Å²) in [6.07, 6.45) is -3.38. The van der Waals surface area contributed by atoms with E-state index in [4.69, 9.17) is 25.0 Å². The second kappa shape index (κ2) is 10.4. The van der Waals surface area contributed by atoms with E-state index in [9.17, 15) is 23.9 Å². The number of esters is 1. The van der Waals surface area contributed by atoms with Crippen molar-refractivity contribution in [2.24, 2.45) is 0 Å². The average molecular weight is 560 g/mol. The van der Waals surface area contributed by atoms with Crippen LogP contribution in [0, 0.1) is 0 Å².